The predicted octanol–water partition coefficient (Wildman–Crippen LogP) is 4.24. The summed E-state index contributed by atoms with van der Waals surface area (Å²) in [5.74, 6) is 1.12. The van der Waals surface area contributed by atoms with Crippen LogP contribution in [0.3, 0.4) is 0 Å². The molecule has 0 radical (unpaired) electrons. The molecule has 1 N–H and O–H groups in total. The average molecular weight is 441 g/mol. The fourth-order valence-electron chi connectivity index (χ4n) is 2.56. The molecule has 0 aliphatic heterocycles. The Morgan fingerprint density at radius 2 is 1.71 bits per heavy atom. The SMILES string of the molecule is CCOc1cc(C(=O)NC(C)COCC(F)(F)F)ccc1OCCOc1ccccc1. The van der Waals surface area contributed by atoms with Crippen LogP contribution in [0.2, 0.25) is 0 Å². The van der Waals surface area contributed by atoms with Gasteiger partial charge in [-0.2, -0.15) is 13.2 Å². The summed E-state index contributed by atoms with van der Waals surface area (Å²) in [7, 11) is 0. The van der Waals surface area contributed by atoms with Crippen LogP contribution in [0.4, 0.5) is 13.2 Å². The van der Waals surface area contributed by atoms with Crippen LogP contribution >= 0.6 is 0 Å². The van der Waals surface area contributed by atoms with Gasteiger partial charge in [0.2, 0.25) is 0 Å². The van der Waals surface area contributed by atoms with Gasteiger partial charge < -0.3 is 24.3 Å². The summed E-state index contributed by atoms with van der Waals surface area (Å²) in [5, 5.41) is 2.59. The third-order valence-electron chi connectivity index (χ3n) is 3.87. The smallest absolute Gasteiger partial charge is 0.411 e. The Bertz CT molecular complexity index is 815. The first-order valence-electron chi connectivity index (χ1n) is 9.81. The zero-order valence-corrected chi connectivity index (χ0v) is 17.4. The van der Waals surface area contributed by atoms with Crippen LogP contribution < -0.4 is 19.5 Å². The van der Waals surface area contributed by atoms with E-state index in [1.807, 2.05) is 30.3 Å². The van der Waals surface area contributed by atoms with Gasteiger partial charge in [-0.05, 0) is 44.2 Å². The van der Waals surface area contributed by atoms with Crippen molar-refractivity contribution in [3.8, 4) is 17.2 Å². The predicted molar refractivity (Wildman–Crippen MR) is 109 cm³/mol. The lowest BCUT2D eigenvalue weighted by Crippen LogP contribution is -2.36. The van der Waals surface area contributed by atoms with Gasteiger partial charge >= 0.3 is 6.18 Å². The molecule has 0 aliphatic rings. The number of hydrogen-bond donors (Lipinski definition) is 1. The van der Waals surface area contributed by atoms with E-state index in [2.05, 4.69) is 10.1 Å². The Morgan fingerprint density at radius 1 is 1.00 bits per heavy atom. The standard InChI is InChI=1S/C22H26F3NO5/c1-3-29-20-13-17(21(27)26-16(2)14-28-15-22(23,24)25)9-10-19(20)31-12-11-30-18-7-5-4-6-8-18/h4-10,13,16H,3,11-12,14-15H2,1-2H3,(H,26,27). The second kappa shape index (κ2) is 12.0. The Hall–Kier alpha value is -2.94. The lowest BCUT2D eigenvalue weighted by Gasteiger charge is -2.17. The molecule has 2 aromatic carbocycles. The summed E-state index contributed by atoms with van der Waals surface area (Å²) in [6, 6.07) is 13.4. The third-order valence-corrected chi connectivity index (χ3v) is 3.87. The number of rotatable bonds is 12. The van der Waals surface area contributed by atoms with Crippen molar-refractivity contribution in [3.63, 3.8) is 0 Å². The molecule has 31 heavy (non-hydrogen) atoms. The van der Waals surface area contributed by atoms with Gasteiger partial charge in [0.25, 0.3) is 5.91 Å². The van der Waals surface area contributed by atoms with Crippen molar-refractivity contribution in [1.82, 2.24) is 5.32 Å². The zero-order chi connectivity index (χ0) is 22.7. The van der Waals surface area contributed by atoms with Crippen molar-refractivity contribution in [1.29, 1.82) is 0 Å². The number of benzene rings is 2. The van der Waals surface area contributed by atoms with E-state index in [0.717, 1.165) is 5.75 Å². The van der Waals surface area contributed by atoms with E-state index in [-0.39, 0.29) is 13.2 Å². The van der Waals surface area contributed by atoms with E-state index in [0.29, 0.717) is 30.3 Å². The minimum atomic E-state index is -4.40. The molecule has 0 saturated heterocycles. The van der Waals surface area contributed by atoms with Crippen molar-refractivity contribution in [3.05, 3.63) is 54.1 Å². The molecule has 0 saturated carbocycles. The van der Waals surface area contributed by atoms with Gasteiger partial charge in [-0.3, -0.25) is 4.79 Å². The molecule has 170 valence electrons. The molecular weight excluding hydrogens is 415 g/mol. The summed E-state index contributed by atoms with van der Waals surface area (Å²) >= 11 is 0. The van der Waals surface area contributed by atoms with Gasteiger partial charge in [0.15, 0.2) is 11.5 Å². The molecular formula is C22H26F3NO5. The van der Waals surface area contributed by atoms with Gasteiger partial charge in [0.1, 0.15) is 25.6 Å². The fourth-order valence-corrected chi connectivity index (χ4v) is 2.56. The number of halogens is 3. The number of amides is 1. The highest BCUT2D eigenvalue weighted by Crippen LogP contribution is 2.28. The minimum Gasteiger partial charge on any atom is -0.490 e. The Morgan fingerprint density at radius 3 is 2.39 bits per heavy atom. The molecule has 2 rings (SSSR count). The highest BCUT2D eigenvalue weighted by molar-refractivity contribution is 5.95. The first kappa shape index (κ1) is 24.3. The van der Waals surface area contributed by atoms with Gasteiger partial charge in [0, 0.05) is 11.6 Å². The Labute approximate surface area is 179 Å². The van der Waals surface area contributed by atoms with Crippen LogP contribution in [-0.4, -0.2) is 51.2 Å². The molecule has 9 heteroatoms. The lowest BCUT2D eigenvalue weighted by molar-refractivity contribution is -0.174. The molecule has 2 aromatic rings. The molecule has 1 atom stereocenters. The summed E-state index contributed by atoms with van der Waals surface area (Å²) < 4.78 is 57.8. The Balaban J connectivity index is 1.88. The third kappa shape index (κ3) is 9.17. The first-order valence-corrected chi connectivity index (χ1v) is 9.81. The molecule has 1 amide bonds. The molecule has 6 nitrogen and oxygen atoms in total. The van der Waals surface area contributed by atoms with E-state index >= 15 is 0 Å². The summed E-state index contributed by atoms with van der Waals surface area (Å²) in [5.41, 5.74) is 0.291. The minimum absolute atomic E-state index is 0.258. The first-order chi connectivity index (χ1) is 14.8. The maximum Gasteiger partial charge on any atom is 0.411 e. The number of para-hydroxylation sites is 1. The quantitative estimate of drug-likeness (QED) is 0.499. The molecule has 0 fully saturated rings. The summed E-state index contributed by atoms with van der Waals surface area (Å²) in [6.45, 7) is 2.70. The number of nitrogens with one attached hydrogen (secondary N) is 1. The van der Waals surface area contributed by atoms with Crippen molar-refractivity contribution in [2.45, 2.75) is 26.1 Å². The van der Waals surface area contributed by atoms with Crippen LogP contribution in [-0.2, 0) is 4.74 Å². The van der Waals surface area contributed by atoms with Gasteiger partial charge in [-0.1, -0.05) is 18.2 Å². The van der Waals surface area contributed by atoms with E-state index in [4.69, 9.17) is 14.2 Å². The molecule has 0 aromatic heterocycles. The number of carbonyl (C=O) groups is 1. The maximum absolute atomic E-state index is 12.4. The molecule has 0 aliphatic carbocycles. The average Bonchev–Trinajstić information content (AvgIpc) is 2.72. The second-order valence-corrected chi connectivity index (χ2v) is 6.61. The molecule has 0 heterocycles. The second-order valence-electron chi connectivity index (χ2n) is 6.61. The Kier molecular flexibility index (Phi) is 9.45. The van der Waals surface area contributed by atoms with Crippen molar-refractivity contribution in [2.24, 2.45) is 0 Å². The van der Waals surface area contributed by atoms with E-state index in [9.17, 15) is 18.0 Å². The van der Waals surface area contributed by atoms with Crippen LogP contribution in [0.1, 0.15) is 24.2 Å². The number of alkyl halides is 3. The monoisotopic (exact) mass is 441 g/mol. The van der Waals surface area contributed by atoms with Crippen LogP contribution in [0, 0.1) is 0 Å². The number of hydrogen-bond acceptors (Lipinski definition) is 5. The summed E-state index contributed by atoms with van der Waals surface area (Å²) in [6.07, 6.45) is -4.40. The van der Waals surface area contributed by atoms with Crippen LogP contribution in [0.5, 0.6) is 17.2 Å². The topological polar surface area (TPSA) is 66.0 Å². The van der Waals surface area contributed by atoms with Crippen LogP contribution in [0.25, 0.3) is 0 Å². The number of ether oxygens (including phenoxy) is 4. The van der Waals surface area contributed by atoms with E-state index in [1.165, 1.54) is 6.07 Å². The van der Waals surface area contributed by atoms with E-state index < -0.39 is 24.7 Å². The lowest BCUT2D eigenvalue weighted by atomic mass is 10.1. The van der Waals surface area contributed by atoms with Crippen LogP contribution in [0.15, 0.2) is 48.5 Å². The van der Waals surface area contributed by atoms with Gasteiger partial charge in [0.05, 0.1) is 13.2 Å². The fraction of sp³-hybridized carbons (Fsp3) is 0.409. The molecule has 0 spiro atoms. The zero-order valence-electron chi connectivity index (χ0n) is 17.4. The van der Waals surface area contributed by atoms with Gasteiger partial charge in [-0.15, -0.1) is 0 Å². The molecule has 0 bridgehead atoms. The van der Waals surface area contributed by atoms with E-state index in [1.54, 1.807) is 26.0 Å². The highest BCUT2D eigenvalue weighted by Gasteiger charge is 2.27. The summed E-state index contributed by atoms with van der Waals surface area (Å²) in [4.78, 5) is 12.4. The van der Waals surface area contributed by atoms with Gasteiger partial charge in [-0.25, -0.2) is 0 Å². The normalized spacial score (nSPS) is 12.2. The largest absolute Gasteiger partial charge is 0.490 e. The molecule has 1 unspecified atom stereocenters. The maximum atomic E-state index is 12.4. The number of carbonyl (C=O) groups excluding carboxylic acids is 1. The van der Waals surface area contributed by atoms with Crippen molar-refractivity contribution >= 4 is 5.91 Å². The highest BCUT2D eigenvalue weighted by atomic mass is 19.4. The van der Waals surface area contributed by atoms with Crippen molar-refractivity contribution < 1.29 is 36.9 Å². The van der Waals surface area contributed by atoms with Crippen molar-refractivity contribution in [2.75, 3.05) is 33.0 Å².